The van der Waals surface area contributed by atoms with Gasteiger partial charge in [0, 0.05) is 12.6 Å². The summed E-state index contributed by atoms with van der Waals surface area (Å²) in [5, 5.41) is 11.6. The quantitative estimate of drug-likeness (QED) is 0.756. The summed E-state index contributed by atoms with van der Waals surface area (Å²) in [4.78, 5) is 11.4. The lowest BCUT2D eigenvalue weighted by Gasteiger charge is -2.18. The van der Waals surface area contributed by atoms with Gasteiger partial charge in [0.1, 0.15) is 0 Å². The Morgan fingerprint density at radius 1 is 1.71 bits per heavy atom. The van der Waals surface area contributed by atoms with Crippen molar-refractivity contribution < 1.29 is 9.90 Å². The van der Waals surface area contributed by atoms with Crippen molar-refractivity contribution in [2.24, 2.45) is 5.92 Å². The van der Waals surface area contributed by atoms with Crippen molar-refractivity contribution in [3.63, 3.8) is 0 Å². The van der Waals surface area contributed by atoms with Crippen LogP contribution in [0.5, 0.6) is 0 Å². The summed E-state index contributed by atoms with van der Waals surface area (Å²) in [7, 11) is 0. The van der Waals surface area contributed by atoms with Crippen LogP contribution in [0.2, 0.25) is 0 Å². The maximum Gasteiger partial charge on any atom is 0.272 e. The second-order valence-corrected chi connectivity index (χ2v) is 3.77. The zero-order valence-electron chi connectivity index (χ0n) is 8.10. The molecular formula is C8H13N3O2S. The number of rotatable bonds is 4. The number of aliphatic hydroxyl groups is 1. The SMILES string of the molecule is CC(CO)C(C)NC(=O)c1cnsn1. The first-order valence-electron chi connectivity index (χ1n) is 4.34. The van der Waals surface area contributed by atoms with E-state index in [0.29, 0.717) is 5.69 Å². The number of amides is 1. The van der Waals surface area contributed by atoms with Crippen LogP contribution >= 0.6 is 11.7 Å². The largest absolute Gasteiger partial charge is 0.396 e. The normalized spacial score (nSPS) is 14.8. The molecule has 6 heteroatoms. The van der Waals surface area contributed by atoms with Crippen molar-refractivity contribution in [3.8, 4) is 0 Å². The standard InChI is InChI=1S/C8H13N3O2S/c1-5(4-12)6(2)10-8(13)7-3-9-14-11-7/h3,5-6,12H,4H2,1-2H3,(H,10,13). The average Bonchev–Trinajstić information content (AvgIpc) is 2.69. The molecule has 0 saturated heterocycles. The van der Waals surface area contributed by atoms with Crippen LogP contribution < -0.4 is 5.32 Å². The summed E-state index contributed by atoms with van der Waals surface area (Å²) < 4.78 is 7.55. The molecular weight excluding hydrogens is 202 g/mol. The molecule has 1 amide bonds. The van der Waals surface area contributed by atoms with Crippen molar-refractivity contribution in [3.05, 3.63) is 11.9 Å². The molecule has 0 bridgehead atoms. The molecule has 1 aromatic rings. The molecule has 0 spiro atoms. The number of aliphatic hydroxyl groups excluding tert-OH is 1. The number of carbonyl (C=O) groups is 1. The second kappa shape index (κ2) is 5.02. The van der Waals surface area contributed by atoms with Crippen LogP contribution in [-0.2, 0) is 0 Å². The molecule has 78 valence electrons. The lowest BCUT2D eigenvalue weighted by atomic mass is 10.1. The molecule has 2 unspecified atom stereocenters. The Kier molecular flexibility index (Phi) is 3.97. The maximum atomic E-state index is 11.4. The summed E-state index contributed by atoms with van der Waals surface area (Å²) in [6, 6.07) is -0.0748. The van der Waals surface area contributed by atoms with Gasteiger partial charge < -0.3 is 10.4 Å². The topological polar surface area (TPSA) is 75.1 Å². The van der Waals surface area contributed by atoms with E-state index in [4.69, 9.17) is 5.11 Å². The number of hydrogen-bond acceptors (Lipinski definition) is 5. The van der Waals surface area contributed by atoms with Crippen LogP contribution in [0.3, 0.4) is 0 Å². The lowest BCUT2D eigenvalue weighted by Crippen LogP contribution is -2.38. The van der Waals surface area contributed by atoms with Gasteiger partial charge in [-0.1, -0.05) is 6.92 Å². The Morgan fingerprint density at radius 2 is 2.43 bits per heavy atom. The van der Waals surface area contributed by atoms with Gasteiger partial charge in [-0.2, -0.15) is 8.75 Å². The van der Waals surface area contributed by atoms with E-state index in [2.05, 4.69) is 14.1 Å². The van der Waals surface area contributed by atoms with Crippen LogP contribution in [-0.4, -0.2) is 32.4 Å². The lowest BCUT2D eigenvalue weighted by molar-refractivity contribution is 0.0912. The molecule has 1 aromatic heterocycles. The highest BCUT2D eigenvalue weighted by Crippen LogP contribution is 2.02. The molecule has 1 heterocycles. The highest BCUT2D eigenvalue weighted by molar-refractivity contribution is 6.99. The zero-order chi connectivity index (χ0) is 10.6. The molecule has 2 atom stereocenters. The molecule has 0 radical (unpaired) electrons. The van der Waals surface area contributed by atoms with Gasteiger partial charge in [-0.15, -0.1) is 0 Å². The predicted octanol–water partition coefficient (Wildman–Crippen LogP) is 0.285. The Balaban J connectivity index is 2.49. The minimum Gasteiger partial charge on any atom is -0.396 e. The highest BCUT2D eigenvalue weighted by Gasteiger charge is 2.16. The fourth-order valence-electron chi connectivity index (χ4n) is 0.846. The first-order valence-corrected chi connectivity index (χ1v) is 5.07. The first kappa shape index (κ1) is 11.1. The third kappa shape index (κ3) is 2.74. The van der Waals surface area contributed by atoms with Crippen LogP contribution in [0.4, 0.5) is 0 Å². The molecule has 5 nitrogen and oxygen atoms in total. The van der Waals surface area contributed by atoms with E-state index in [9.17, 15) is 4.79 Å². The Bertz CT molecular complexity index is 289. The number of nitrogens with one attached hydrogen (secondary N) is 1. The van der Waals surface area contributed by atoms with Crippen molar-refractivity contribution >= 4 is 17.6 Å². The minimum atomic E-state index is -0.244. The molecule has 0 saturated carbocycles. The fourth-order valence-corrected chi connectivity index (χ4v) is 1.26. The van der Waals surface area contributed by atoms with Gasteiger partial charge in [-0.3, -0.25) is 4.79 Å². The van der Waals surface area contributed by atoms with E-state index in [1.54, 1.807) is 0 Å². The molecule has 0 fully saturated rings. The average molecular weight is 215 g/mol. The summed E-state index contributed by atoms with van der Waals surface area (Å²) in [5.41, 5.74) is 0.326. The van der Waals surface area contributed by atoms with Crippen molar-refractivity contribution in [2.75, 3.05) is 6.61 Å². The monoisotopic (exact) mass is 215 g/mol. The molecule has 0 aromatic carbocycles. The maximum absolute atomic E-state index is 11.4. The van der Waals surface area contributed by atoms with Crippen LogP contribution in [0.25, 0.3) is 0 Å². The van der Waals surface area contributed by atoms with Crippen molar-refractivity contribution in [1.29, 1.82) is 0 Å². The van der Waals surface area contributed by atoms with Crippen molar-refractivity contribution in [1.82, 2.24) is 14.1 Å². The number of carbonyl (C=O) groups excluding carboxylic acids is 1. The Labute approximate surface area is 86.5 Å². The zero-order valence-corrected chi connectivity index (χ0v) is 8.91. The fraction of sp³-hybridized carbons (Fsp3) is 0.625. The van der Waals surface area contributed by atoms with Gasteiger partial charge in [0.25, 0.3) is 5.91 Å². The van der Waals surface area contributed by atoms with E-state index in [0.717, 1.165) is 11.7 Å². The molecule has 0 aliphatic rings. The van der Waals surface area contributed by atoms with E-state index >= 15 is 0 Å². The number of nitrogens with zero attached hydrogens (tertiary/aromatic N) is 2. The van der Waals surface area contributed by atoms with E-state index in [1.165, 1.54) is 6.20 Å². The van der Waals surface area contributed by atoms with E-state index in [-0.39, 0.29) is 24.5 Å². The third-order valence-electron chi connectivity index (χ3n) is 2.09. The van der Waals surface area contributed by atoms with Crippen molar-refractivity contribution in [2.45, 2.75) is 19.9 Å². The Morgan fingerprint density at radius 3 is 2.93 bits per heavy atom. The summed E-state index contributed by atoms with van der Waals surface area (Å²) in [6.07, 6.45) is 1.43. The summed E-state index contributed by atoms with van der Waals surface area (Å²) in [6.45, 7) is 3.76. The number of hydrogen-bond donors (Lipinski definition) is 2. The molecule has 1 rings (SSSR count). The van der Waals surface area contributed by atoms with Gasteiger partial charge in [0.15, 0.2) is 5.69 Å². The van der Waals surface area contributed by atoms with Gasteiger partial charge >= 0.3 is 0 Å². The smallest absolute Gasteiger partial charge is 0.272 e. The predicted molar refractivity (Wildman–Crippen MR) is 53.1 cm³/mol. The van der Waals surface area contributed by atoms with Crippen LogP contribution in [0, 0.1) is 5.92 Å². The molecule has 0 aliphatic carbocycles. The summed E-state index contributed by atoms with van der Waals surface area (Å²) in [5.74, 6) is -0.211. The highest BCUT2D eigenvalue weighted by atomic mass is 32.1. The number of aromatic nitrogens is 2. The minimum absolute atomic E-state index is 0.0329. The molecule has 0 aliphatic heterocycles. The first-order chi connectivity index (χ1) is 6.65. The van der Waals surface area contributed by atoms with Gasteiger partial charge in [0.05, 0.1) is 17.9 Å². The van der Waals surface area contributed by atoms with Gasteiger partial charge in [-0.25, -0.2) is 0 Å². The van der Waals surface area contributed by atoms with E-state index in [1.807, 2.05) is 13.8 Å². The Hall–Kier alpha value is -1.01. The second-order valence-electron chi connectivity index (χ2n) is 3.21. The van der Waals surface area contributed by atoms with Crippen LogP contribution in [0.1, 0.15) is 24.3 Å². The van der Waals surface area contributed by atoms with E-state index < -0.39 is 0 Å². The van der Waals surface area contributed by atoms with Gasteiger partial charge in [-0.05, 0) is 12.8 Å². The summed E-state index contributed by atoms with van der Waals surface area (Å²) >= 11 is 0.999. The van der Waals surface area contributed by atoms with Gasteiger partial charge in [0.2, 0.25) is 0 Å². The molecule has 2 N–H and O–H groups in total. The molecule has 14 heavy (non-hydrogen) atoms. The van der Waals surface area contributed by atoms with Crippen LogP contribution in [0.15, 0.2) is 6.20 Å². The third-order valence-corrected chi connectivity index (χ3v) is 2.57.